The lowest BCUT2D eigenvalue weighted by atomic mass is 10.0. The minimum Gasteiger partial charge on any atom is -0.481 e. The lowest BCUT2D eigenvalue weighted by Gasteiger charge is -2.16. The second-order valence-corrected chi connectivity index (χ2v) is 13.5. The van der Waals surface area contributed by atoms with Crippen LogP contribution in [0.2, 0.25) is 0 Å². The molecule has 0 spiro atoms. The Kier molecular flexibility index (Phi) is 35.1. The average Bonchev–Trinajstić information content (AvgIpc) is 3.00. The third kappa shape index (κ3) is 35.2. The SMILES string of the molecule is CCCCCCCC/C=C\CCCCCCCCCC(=O)OC(CCCCCCCCCCCCCCCCC)CC(=O)O. The first-order valence-corrected chi connectivity index (χ1v) is 19.7. The number of ether oxygens (including phenoxy) is 1. The van der Waals surface area contributed by atoms with Gasteiger partial charge in [-0.05, 0) is 44.9 Å². The molecule has 4 nitrogen and oxygen atoms in total. The van der Waals surface area contributed by atoms with E-state index in [0.717, 1.165) is 25.7 Å². The molecule has 0 aliphatic heterocycles. The zero-order valence-corrected chi connectivity index (χ0v) is 29.7. The fourth-order valence-electron chi connectivity index (χ4n) is 6.08. The molecule has 0 saturated carbocycles. The number of aliphatic carboxylic acids is 1. The molecule has 0 saturated heterocycles. The normalized spacial score (nSPS) is 12.2. The van der Waals surface area contributed by atoms with Crippen molar-refractivity contribution in [2.45, 2.75) is 232 Å². The van der Waals surface area contributed by atoms with E-state index in [0.29, 0.717) is 12.8 Å². The maximum atomic E-state index is 12.3. The first kappa shape index (κ1) is 42.7. The van der Waals surface area contributed by atoms with Crippen molar-refractivity contribution in [3.8, 4) is 0 Å². The molecule has 0 aromatic rings. The lowest BCUT2D eigenvalue weighted by Crippen LogP contribution is -2.21. The highest BCUT2D eigenvalue weighted by Gasteiger charge is 2.17. The summed E-state index contributed by atoms with van der Waals surface area (Å²) in [4.78, 5) is 23.6. The molecule has 0 rings (SSSR count). The van der Waals surface area contributed by atoms with E-state index in [4.69, 9.17) is 4.74 Å². The molecule has 1 unspecified atom stereocenters. The summed E-state index contributed by atoms with van der Waals surface area (Å²) >= 11 is 0. The van der Waals surface area contributed by atoms with E-state index in [1.165, 1.54) is 167 Å². The smallest absolute Gasteiger partial charge is 0.307 e. The maximum Gasteiger partial charge on any atom is 0.307 e. The summed E-state index contributed by atoms with van der Waals surface area (Å²) in [6.07, 6.45) is 43.8. The summed E-state index contributed by atoms with van der Waals surface area (Å²) in [6, 6.07) is 0. The van der Waals surface area contributed by atoms with Crippen LogP contribution >= 0.6 is 0 Å². The number of carboxylic acid groups (broad SMARTS) is 1. The minimum absolute atomic E-state index is 0.0709. The summed E-state index contributed by atoms with van der Waals surface area (Å²) in [5.74, 6) is -1.10. The van der Waals surface area contributed by atoms with Gasteiger partial charge in [-0.2, -0.15) is 0 Å². The van der Waals surface area contributed by atoms with Crippen molar-refractivity contribution < 1.29 is 19.4 Å². The van der Waals surface area contributed by atoms with Gasteiger partial charge in [-0.15, -0.1) is 0 Å². The predicted octanol–water partition coefficient (Wildman–Crippen LogP) is 13.5. The molecule has 0 aromatic carbocycles. The van der Waals surface area contributed by atoms with Crippen molar-refractivity contribution in [2.75, 3.05) is 0 Å². The fourth-order valence-corrected chi connectivity index (χ4v) is 6.08. The zero-order valence-electron chi connectivity index (χ0n) is 29.7. The van der Waals surface area contributed by atoms with Crippen LogP contribution in [-0.4, -0.2) is 23.1 Å². The van der Waals surface area contributed by atoms with E-state index in [1.54, 1.807) is 0 Å². The number of rotatable bonds is 36. The van der Waals surface area contributed by atoms with Crippen LogP contribution in [0.15, 0.2) is 12.2 Å². The van der Waals surface area contributed by atoms with Crippen molar-refractivity contribution in [3.63, 3.8) is 0 Å². The summed E-state index contributed by atoms with van der Waals surface area (Å²) < 4.78 is 5.58. The Bertz CT molecular complexity index is 629. The van der Waals surface area contributed by atoms with Gasteiger partial charge in [0, 0.05) is 6.42 Å². The van der Waals surface area contributed by atoms with Crippen LogP contribution in [0.25, 0.3) is 0 Å². The second-order valence-electron chi connectivity index (χ2n) is 13.5. The fraction of sp³-hybridized carbons (Fsp3) is 0.900. The van der Waals surface area contributed by atoms with Gasteiger partial charge in [0.15, 0.2) is 0 Å². The van der Waals surface area contributed by atoms with Crippen LogP contribution in [0.5, 0.6) is 0 Å². The van der Waals surface area contributed by atoms with Crippen molar-refractivity contribution in [1.82, 2.24) is 0 Å². The molecule has 0 aliphatic carbocycles. The number of hydrogen-bond donors (Lipinski definition) is 1. The Morgan fingerprint density at radius 1 is 0.500 bits per heavy atom. The summed E-state index contributed by atoms with van der Waals surface area (Å²) in [7, 11) is 0. The third-order valence-electron chi connectivity index (χ3n) is 8.97. The molecule has 1 N–H and O–H groups in total. The molecule has 0 amide bonds. The third-order valence-corrected chi connectivity index (χ3v) is 8.97. The number of esters is 1. The van der Waals surface area contributed by atoms with Crippen molar-refractivity contribution in [2.24, 2.45) is 0 Å². The van der Waals surface area contributed by atoms with Gasteiger partial charge in [-0.1, -0.05) is 180 Å². The molecule has 44 heavy (non-hydrogen) atoms. The van der Waals surface area contributed by atoms with E-state index >= 15 is 0 Å². The lowest BCUT2D eigenvalue weighted by molar-refractivity contribution is -0.153. The molecular weight excluding hydrogens is 544 g/mol. The van der Waals surface area contributed by atoms with Crippen LogP contribution in [0, 0.1) is 0 Å². The van der Waals surface area contributed by atoms with E-state index in [2.05, 4.69) is 26.0 Å². The first-order chi connectivity index (χ1) is 21.6. The highest BCUT2D eigenvalue weighted by atomic mass is 16.5. The molecule has 0 fully saturated rings. The Hall–Kier alpha value is -1.32. The molecule has 0 aromatic heterocycles. The van der Waals surface area contributed by atoms with E-state index in [9.17, 15) is 14.7 Å². The number of carbonyl (C=O) groups excluding carboxylic acids is 1. The van der Waals surface area contributed by atoms with Gasteiger partial charge < -0.3 is 9.84 Å². The molecule has 1 atom stereocenters. The number of hydrogen-bond acceptors (Lipinski definition) is 3. The molecule has 0 bridgehead atoms. The van der Waals surface area contributed by atoms with Crippen LogP contribution in [-0.2, 0) is 14.3 Å². The minimum atomic E-state index is -0.878. The number of unbranched alkanes of at least 4 members (excludes halogenated alkanes) is 27. The maximum absolute atomic E-state index is 12.3. The Morgan fingerprint density at radius 2 is 0.841 bits per heavy atom. The number of carbonyl (C=O) groups is 2. The van der Waals surface area contributed by atoms with Gasteiger partial charge in [0.05, 0.1) is 6.42 Å². The largest absolute Gasteiger partial charge is 0.481 e. The topological polar surface area (TPSA) is 63.6 Å². The molecule has 260 valence electrons. The summed E-state index contributed by atoms with van der Waals surface area (Å²) in [5.41, 5.74) is 0. The van der Waals surface area contributed by atoms with Crippen molar-refractivity contribution in [3.05, 3.63) is 12.2 Å². The standard InChI is InChI=1S/C40H76O4/c1-3-5-7-9-11-13-15-17-19-20-22-24-26-28-30-32-34-36-40(43)44-38(37-39(41)42)35-33-31-29-27-25-23-21-18-16-14-12-10-8-6-4-2/h17,19,38H,3-16,18,20-37H2,1-2H3,(H,41,42)/b19-17-. The van der Waals surface area contributed by atoms with Crippen LogP contribution in [0.3, 0.4) is 0 Å². The van der Waals surface area contributed by atoms with E-state index in [1.807, 2.05) is 0 Å². The molecular formula is C40H76O4. The molecule has 0 aliphatic rings. The highest BCUT2D eigenvalue weighted by Crippen LogP contribution is 2.17. The zero-order chi connectivity index (χ0) is 32.2. The van der Waals surface area contributed by atoms with Gasteiger partial charge in [0.2, 0.25) is 0 Å². The second kappa shape index (κ2) is 36.2. The van der Waals surface area contributed by atoms with Gasteiger partial charge in [-0.25, -0.2) is 0 Å². The van der Waals surface area contributed by atoms with E-state index in [-0.39, 0.29) is 12.4 Å². The Morgan fingerprint density at radius 3 is 1.23 bits per heavy atom. The summed E-state index contributed by atoms with van der Waals surface area (Å²) in [5, 5.41) is 9.26. The highest BCUT2D eigenvalue weighted by molar-refractivity contribution is 5.71. The average molecular weight is 621 g/mol. The van der Waals surface area contributed by atoms with Gasteiger partial charge >= 0.3 is 11.9 Å². The summed E-state index contributed by atoms with van der Waals surface area (Å²) in [6.45, 7) is 4.54. The van der Waals surface area contributed by atoms with Crippen LogP contribution in [0.1, 0.15) is 226 Å². The molecule has 0 heterocycles. The monoisotopic (exact) mass is 621 g/mol. The van der Waals surface area contributed by atoms with E-state index < -0.39 is 12.1 Å². The molecule has 4 heteroatoms. The van der Waals surface area contributed by atoms with Gasteiger partial charge in [-0.3, -0.25) is 9.59 Å². The van der Waals surface area contributed by atoms with Crippen LogP contribution < -0.4 is 0 Å². The first-order valence-electron chi connectivity index (χ1n) is 19.7. The Labute approximate surface area is 275 Å². The quantitative estimate of drug-likeness (QED) is 0.0430. The predicted molar refractivity (Wildman–Crippen MR) is 190 cm³/mol. The van der Waals surface area contributed by atoms with Gasteiger partial charge in [0.1, 0.15) is 6.10 Å². The number of allylic oxidation sites excluding steroid dienone is 2. The number of carboxylic acids is 1. The van der Waals surface area contributed by atoms with Crippen molar-refractivity contribution >= 4 is 11.9 Å². The van der Waals surface area contributed by atoms with Crippen LogP contribution in [0.4, 0.5) is 0 Å². The molecule has 0 radical (unpaired) electrons. The Balaban J connectivity index is 3.62. The van der Waals surface area contributed by atoms with Crippen molar-refractivity contribution in [1.29, 1.82) is 0 Å². The van der Waals surface area contributed by atoms with Gasteiger partial charge in [0.25, 0.3) is 0 Å².